The number of nitrogens with one attached hydrogen (secondary N) is 13. The van der Waals surface area contributed by atoms with Gasteiger partial charge in [-0.2, -0.15) is 0 Å². The fourth-order valence-corrected chi connectivity index (χ4v) is 9.49. The molecule has 35 nitrogen and oxygen atoms in total. The Bertz CT molecular complexity index is 2890. The molecule has 14 atom stereocenters. The van der Waals surface area contributed by atoms with Crippen LogP contribution in [0.15, 0.2) is 24.3 Å². The summed E-state index contributed by atoms with van der Waals surface area (Å²) in [5, 5.41) is 107. The zero-order valence-electron chi connectivity index (χ0n) is 58.2. The molecule has 0 aliphatic heterocycles. The Balaban J connectivity index is 3.74. The molecule has 1 aromatic carbocycles. The van der Waals surface area contributed by atoms with Crippen molar-refractivity contribution in [1.82, 2.24) is 63.8 Å². The number of carbonyl (C=O) groups excluding carboxylic acids is 11. The van der Waals surface area contributed by atoms with Crippen LogP contribution in [0.4, 0.5) is 4.79 Å². The molecule has 0 aliphatic carbocycles. The van der Waals surface area contributed by atoms with Crippen molar-refractivity contribution in [2.24, 2.45) is 35.3 Å². The SMILES string of the molecule is CC[C@H](C)[C@H](NC(=O)[C@@H](CCCNC(=N)N)NC(=O)[C@H](CC(C)C)NC(=O)[C@@H](NC(=O)[C@H](Cc1cccc(O)c1)NC(=O)[C@H](CC(C)C)NC(=O)[C@@H](CC(C)C)NC(=O)OC(C)(C)C)C(O)C(C)C)C(=O)N[C@H](C(=O)NCC(=O)N[C@H](C(=O)N[C@@H](CO)C(=O)O)C(O)C(=O)O)[C@H](C)O. The van der Waals surface area contributed by atoms with E-state index in [4.69, 9.17) is 15.9 Å². The van der Waals surface area contributed by atoms with E-state index in [1.807, 2.05) is 19.2 Å². The van der Waals surface area contributed by atoms with Crippen molar-refractivity contribution < 1.29 is 103 Å². The zero-order valence-corrected chi connectivity index (χ0v) is 58.2. The second-order valence-corrected chi connectivity index (χ2v) is 26.6. The average molecular weight is 1400 g/mol. The normalized spacial score (nSPS) is 15.8. The summed E-state index contributed by atoms with van der Waals surface area (Å²) < 4.78 is 5.39. The lowest BCUT2D eigenvalue weighted by molar-refractivity contribution is -0.152. The lowest BCUT2D eigenvalue weighted by atomic mass is 9.96. The Kier molecular flexibility index (Phi) is 37.3. The fraction of sp³-hybridized carbons (Fsp3) is 0.683. The molecule has 35 heteroatoms. The quantitative estimate of drug-likeness (QED) is 0.0173. The van der Waals surface area contributed by atoms with Crippen LogP contribution in [-0.4, -0.2) is 223 Å². The Morgan fingerprint density at radius 2 is 0.990 bits per heavy atom. The zero-order chi connectivity index (χ0) is 75.2. The number of amides is 11. The molecule has 0 saturated heterocycles. The fourth-order valence-electron chi connectivity index (χ4n) is 9.49. The third-order valence-corrected chi connectivity index (χ3v) is 14.8. The van der Waals surface area contributed by atoms with E-state index in [1.54, 1.807) is 66.8 Å². The lowest BCUT2D eigenvalue weighted by Gasteiger charge is -2.31. The van der Waals surface area contributed by atoms with Gasteiger partial charge in [0.15, 0.2) is 12.1 Å². The number of aliphatic hydroxyl groups excluding tert-OH is 4. The highest BCUT2D eigenvalue weighted by atomic mass is 16.6. The van der Waals surface area contributed by atoms with Gasteiger partial charge in [-0.25, -0.2) is 14.4 Å². The summed E-state index contributed by atoms with van der Waals surface area (Å²) in [5.74, 6) is -17.6. The van der Waals surface area contributed by atoms with E-state index in [1.165, 1.54) is 39.0 Å². The molecular weight excluding hydrogens is 1290 g/mol. The molecule has 0 bridgehead atoms. The monoisotopic (exact) mass is 1390 g/mol. The predicted octanol–water partition coefficient (Wildman–Crippen LogP) is -3.32. The van der Waals surface area contributed by atoms with E-state index in [9.17, 15) is 98.1 Å². The molecule has 1 aromatic rings. The Hall–Kier alpha value is -8.96. The van der Waals surface area contributed by atoms with E-state index in [0.717, 1.165) is 6.92 Å². The number of ether oxygens (including phenoxy) is 1. The number of rotatable bonds is 42. The molecule has 0 aromatic heterocycles. The van der Waals surface area contributed by atoms with E-state index >= 15 is 0 Å². The minimum absolute atomic E-state index is 0.0109. The minimum atomic E-state index is -2.67. The summed E-state index contributed by atoms with van der Waals surface area (Å²) in [7, 11) is 0. The number of guanidine groups is 1. The molecule has 0 heterocycles. The van der Waals surface area contributed by atoms with E-state index in [0.29, 0.717) is 5.56 Å². The summed E-state index contributed by atoms with van der Waals surface area (Å²) in [6.07, 6.45) is -7.21. The van der Waals surface area contributed by atoms with Crippen LogP contribution in [0.2, 0.25) is 0 Å². The highest BCUT2D eigenvalue weighted by molar-refractivity contribution is 6.00. The maximum atomic E-state index is 14.7. The number of hydrogen-bond donors (Lipinski definition) is 21. The predicted molar refractivity (Wildman–Crippen MR) is 353 cm³/mol. The summed E-state index contributed by atoms with van der Waals surface area (Å²) in [6.45, 7) is 20.6. The highest BCUT2D eigenvalue weighted by Crippen LogP contribution is 2.18. The number of carbonyl (C=O) groups is 13. The third kappa shape index (κ3) is 31.9. The number of aliphatic carboxylic acids is 2. The Morgan fingerprint density at radius 1 is 0.541 bits per heavy atom. The maximum Gasteiger partial charge on any atom is 0.408 e. The first-order chi connectivity index (χ1) is 45.4. The molecular formula is C63H106N14O21. The van der Waals surface area contributed by atoms with Crippen LogP contribution in [0.3, 0.4) is 0 Å². The number of carboxylic acids is 2. The maximum absolute atomic E-state index is 14.7. The van der Waals surface area contributed by atoms with Crippen molar-refractivity contribution in [1.29, 1.82) is 5.41 Å². The van der Waals surface area contributed by atoms with E-state index < -0.39 is 192 Å². The summed E-state index contributed by atoms with van der Waals surface area (Å²) in [5.41, 5.74) is 4.91. The highest BCUT2D eigenvalue weighted by Gasteiger charge is 2.41. The van der Waals surface area contributed by atoms with Crippen LogP contribution >= 0.6 is 0 Å². The first-order valence-electron chi connectivity index (χ1n) is 32.4. The van der Waals surface area contributed by atoms with Crippen molar-refractivity contribution in [3.8, 4) is 5.75 Å². The molecule has 2 unspecified atom stereocenters. The van der Waals surface area contributed by atoms with Crippen LogP contribution < -0.4 is 69.5 Å². The molecule has 1 rings (SSSR count). The van der Waals surface area contributed by atoms with Gasteiger partial charge in [-0.05, 0) is 107 Å². The number of nitrogens with two attached hydrogens (primary N) is 1. The minimum Gasteiger partial charge on any atom is -0.508 e. The van der Waals surface area contributed by atoms with Gasteiger partial charge in [0, 0.05) is 13.0 Å². The lowest BCUT2D eigenvalue weighted by Crippen LogP contribution is -2.63. The van der Waals surface area contributed by atoms with Gasteiger partial charge in [-0.1, -0.05) is 87.8 Å². The van der Waals surface area contributed by atoms with Gasteiger partial charge in [0.2, 0.25) is 59.1 Å². The summed E-state index contributed by atoms with van der Waals surface area (Å²) in [6, 6.07) is -11.0. The van der Waals surface area contributed by atoms with Crippen molar-refractivity contribution >= 4 is 83.1 Å². The number of phenolic OH excluding ortho intramolecular Hbond substituents is 1. The van der Waals surface area contributed by atoms with Gasteiger partial charge in [0.05, 0.1) is 25.4 Å². The van der Waals surface area contributed by atoms with Crippen LogP contribution in [-0.2, 0) is 68.7 Å². The summed E-state index contributed by atoms with van der Waals surface area (Å²) >= 11 is 0. The van der Waals surface area contributed by atoms with Crippen LogP contribution in [0.25, 0.3) is 0 Å². The Morgan fingerprint density at radius 3 is 1.45 bits per heavy atom. The second kappa shape index (κ2) is 42.0. The second-order valence-electron chi connectivity index (χ2n) is 26.6. The van der Waals surface area contributed by atoms with Crippen molar-refractivity contribution in [3.63, 3.8) is 0 Å². The van der Waals surface area contributed by atoms with Crippen molar-refractivity contribution in [3.05, 3.63) is 29.8 Å². The standard InChI is InChI=1S/C63H106N14O21/c1-15-33(10)44(56(90)76-45(34(11)79)55(89)67-27-43(81)74-47(49(83)60(95)96)58(92)72-42(28-78)59(93)94)75-50(84)37(20-17-21-66-61(64)65)68-51(85)39(23-30(4)5)71-57(91)46(48(82)32(8)9)77-54(88)41(26-35-18-16-19-36(80)25-35)70-52(86)38(22-29(2)3)69-53(87)40(24-31(6)7)73-62(97)98-63(12,13)14/h16,18-19,25,29-34,37-42,44-49,78-80,82-83H,15,17,20-24,26-28H2,1-14H3,(H,67,89)(H,68,85)(H,69,87)(H,70,86)(H,71,91)(H,72,92)(H,73,97)(H,74,81)(H,75,84)(H,76,90)(H,77,88)(H,93,94)(H,95,96)(H4,64,65,66)/t33-,34-,37+,38-,39-,40+,41-,42-,44-,45-,46-,47-,48?,49?/m0/s1. The number of phenols is 1. The van der Waals surface area contributed by atoms with Gasteiger partial charge in [-0.3, -0.25) is 53.4 Å². The largest absolute Gasteiger partial charge is 0.508 e. The first-order valence-corrected chi connectivity index (χ1v) is 32.4. The molecule has 0 aliphatic rings. The van der Waals surface area contributed by atoms with Crippen molar-refractivity contribution in [2.75, 3.05) is 19.7 Å². The molecule has 11 amide bonds. The molecule has 98 heavy (non-hydrogen) atoms. The molecule has 22 N–H and O–H groups in total. The van der Waals surface area contributed by atoms with Crippen LogP contribution in [0.5, 0.6) is 5.75 Å². The summed E-state index contributed by atoms with van der Waals surface area (Å²) in [4.78, 5) is 176. The molecule has 0 spiro atoms. The van der Waals surface area contributed by atoms with Gasteiger partial charge in [0.1, 0.15) is 71.8 Å². The van der Waals surface area contributed by atoms with Gasteiger partial charge in [0.25, 0.3) is 0 Å². The van der Waals surface area contributed by atoms with E-state index in [2.05, 4.69) is 53.2 Å². The number of alkyl carbamates (subject to hydrolysis) is 1. The number of hydrogen-bond acceptors (Lipinski definition) is 20. The van der Waals surface area contributed by atoms with Crippen molar-refractivity contribution in [2.45, 2.75) is 226 Å². The smallest absolute Gasteiger partial charge is 0.408 e. The van der Waals surface area contributed by atoms with Gasteiger partial charge >= 0.3 is 18.0 Å². The van der Waals surface area contributed by atoms with Crippen LogP contribution in [0, 0.1) is 35.0 Å². The number of aliphatic hydroxyl groups is 4. The topological polar surface area (TPSA) is 567 Å². The third-order valence-electron chi connectivity index (χ3n) is 14.8. The average Bonchev–Trinajstić information content (AvgIpc) is 0.850. The molecule has 554 valence electrons. The van der Waals surface area contributed by atoms with Gasteiger partial charge < -0.3 is 110 Å². The molecule has 0 fully saturated rings. The number of carboxylic acid groups (broad SMARTS) is 2. The van der Waals surface area contributed by atoms with Gasteiger partial charge in [-0.15, -0.1) is 0 Å². The number of benzene rings is 1. The van der Waals surface area contributed by atoms with Crippen LogP contribution in [0.1, 0.15) is 141 Å². The first kappa shape index (κ1) is 87.1. The molecule has 0 saturated carbocycles. The Labute approximate surface area is 570 Å². The number of aromatic hydroxyl groups is 1. The molecule has 0 radical (unpaired) electrons. The van der Waals surface area contributed by atoms with E-state index in [-0.39, 0.29) is 75.0 Å².